The second-order valence-corrected chi connectivity index (χ2v) is 6.42. The molecule has 3 heterocycles. The van der Waals surface area contributed by atoms with Crippen LogP contribution in [-0.4, -0.2) is 41.9 Å². The average molecular weight is 346 g/mol. The molecule has 9 heteroatoms. The topological polar surface area (TPSA) is 68.2 Å². The molecule has 6 nitrogen and oxygen atoms in total. The van der Waals surface area contributed by atoms with Crippen molar-refractivity contribution in [3.8, 4) is 0 Å². The number of halogens is 3. The number of aryl methyl sites for hydroxylation is 1. The second-order valence-electron chi connectivity index (χ2n) is 6.42. The van der Waals surface area contributed by atoms with Crippen LogP contribution in [0, 0.1) is 11.8 Å². The summed E-state index contributed by atoms with van der Waals surface area (Å²) in [5.74, 6) is 0.928. The van der Waals surface area contributed by atoms with Gasteiger partial charge in [-0.3, -0.25) is 0 Å². The number of carbonyl (C=O) groups excluding carboxylic acids is 1. The minimum absolute atomic E-state index is 0.105. The third kappa shape index (κ3) is 4.19. The molecule has 0 spiro atoms. The van der Waals surface area contributed by atoms with E-state index in [0.29, 0.717) is 50.8 Å². The fraction of sp³-hybridized carbons (Fsp3) is 0.733. The summed E-state index contributed by atoms with van der Waals surface area (Å²) in [4.78, 5) is 15.4. The van der Waals surface area contributed by atoms with Crippen LogP contribution in [0.5, 0.6) is 0 Å². The van der Waals surface area contributed by atoms with Crippen LogP contribution < -0.4 is 10.6 Å². The van der Waals surface area contributed by atoms with Crippen LogP contribution in [0.2, 0.25) is 0 Å². The molecule has 2 aliphatic heterocycles. The van der Waals surface area contributed by atoms with Gasteiger partial charge in [0, 0.05) is 44.8 Å². The summed E-state index contributed by atoms with van der Waals surface area (Å²) in [5, 5.41) is 5.61. The summed E-state index contributed by atoms with van der Waals surface area (Å²) in [7, 11) is 0. The van der Waals surface area contributed by atoms with Crippen molar-refractivity contribution in [2.45, 2.75) is 32.0 Å². The molecule has 2 atom stereocenters. The molecule has 0 aromatic carbocycles. The van der Waals surface area contributed by atoms with Crippen LogP contribution in [0.3, 0.4) is 0 Å². The molecule has 0 aliphatic carbocycles. The Morgan fingerprint density at radius 2 is 2.04 bits per heavy atom. The van der Waals surface area contributed by atoms with Gasteiger partial charge in [-0.15, -0.1) is 0 Å². The molecule has 0 unspecified atom stereocenters. The Bertz CT molecular complexity index is 582. The van der Waals surface area contributed by atoms with Gasteiger partial charge in [-0.05, 0) is 18.8 Å². The average Bonchev–Trinajstić information content (AvgIpc) is 3.18. The van der Waals surface area contributed by atoms with Gasteiger partial charge < -0.3 is 19.9 Å². The first-order valence-electron chi connectivity index (χ1n) is 8.14. The number of fused-ring (bicyclic) bond motifs is 1. The van der Waals surface area contributed by atoms with Gasteiger partial charge in [-0.1, -0.05) is 0 Å². The Labute approximate surface area is 137 Å². The third-order valence-corrected chi connectivity index (χ3v) is 4.51. The van der Waals surface area contributed by atoms with Crippen LogP contribution in [0.4, 0.5) is 18.0 Å². The fourth-order valence-corrected chi connectivity index (χ4v) is 3.10. The van der Waals surface area contributed by atoms with E-state index >= 15 is 0 Å². The molecule has 0 bridgehead atoms. The first kappa shape index (κ1) is 17.1. The van der Waals surface area contributed by atoms with Gasteiger partial charge in [0.1, 0.15) is 5.82 Å². The molecular formula is C15H21F3N4O2. The molecule has 0 saturated carbocycles. The minimum Gasteiger partial charge on any atom is -0.381 e. The normalized spacial score (nSPS) is 23.8. The quantitative estimate of drug-likeness (QED) is 0.874. The minimum atomic E-state index is -4.41. The van der Waals surface area contributed by atoms with Gasteiger partial charge >= 0.3 is 12.2 Å². The summed E-state index contributed by atoms with van der Waals surface area (Å²) in [6.07, 6.45) is -1.20. The van der Waals surface area contributed by atoms with E-state index in [9.17, 15) is 18.0 Å². The lowest BCUT2D eigenvalue weighted by Crippen LogP contribution is -2.41. The highest BCUT2D eigenvalue weighted by molar-refractivity contribution is 5.73. The number of aromatic nitrogens is 2. The van der Waals surface area contributed by atoms with Crippen LogP contribution in [0.1, 0.15) is 24.4 Å². The SMILES string of the molecule is O=C(NC[C@H]1CCc2nc(C(F)(F)F)cn2C1)NC[C@@H]1CCOC1. The van der Waals surface area contributed by atoms with Crippen LogP contribution in [0.15, 0.2) is 6.20 Å². The highest BCUT2D eigenvalue weighted by Crippen LogP contribution is 2.30. The standard InChI is InChI=1S/C15H21F3N4O2/c16-15(17,18)12-8-22-7-10(1-2-13(22)21-12)5-19-14(23)20-6-11-3-4-24-9-11/h8,10-11H,1-7,9H2,(H2,19,20,23)/t10-,11+/m1/s1. The van der Waals surface area contributed by atoms with Crippen molar-refractivity contribution in [1.29, 1.82) is 0 Å². The van der Waals surface area contributed by atoms with Crippen LogP contribution in [0.25, 0.3) is 0 Å². The zero-order chi connectivity index (χ0) is 17.2. The van der Waals surface area contributed by atoms with E-state index in [-0.39, 0.29) is 11.9 Å². The molecule has 1 fully saturated rings. The number of rotatable bonds is 4. The van der Waals surface area contributed by atoms with E-state index < -0.39 is 11.9 Å². The van der Waals surface area contributed by atoms with Crippen molar-refractivity contribution in [1.82, 2.24) is 20.2 Å². The molecular weight excluding hydrogens is 325 g/mol. The smallest absolute Gasteiger partial charge is 0.381 e. The first-order valence-corrected chi connectivity index (χ1v) is 8.14. The molecule has 1 aromatic rings. The van der Waals surface area contributed by atoms with Gasteiger partial charge in [0.15, 0.2) is 5.69 Å². The van der Waals surface area contributed by atoms with Crippen molar-refractivity contribution in [2.24, 2.45) is 11.8 Å². The molecule has 2 amide bonds. The number of hydrogen-bond donors (Lipinski definition) is 2. The van der Waals surface area contributed by atoms with E-state index in [4.69, 9.17) is 4.74 Å². The predicted molar refractivity (Wildman–Crippen MR) is 79.4 cm³/mol. The molecule has 134 valence electrons. The maximum atomic E-state index is 12.7. The van der Waals surface area contributed by atoms with Gasteiger partial charge in [0.05, 0.1) is 6.61 Å². The van der Waals surface area contributed by atoms with E-state index in [2.05, 4.69) is 15.6 Å². The maximum absolute atomic E-state index is 12.7. The van der Waals surface area contributed by atoms with E-state index in [1.165, 1.54) is 0 Å². The summed E-state index contributed by atoms with van der Waals surface area (Å²) >= 11 is 0. The number of ether oxygens (including phenoxy) is 1. The molecule has 2 N–H and O–H groups in total. The number of nitrogens with zero attached hydrogens (tertiary/aromatic N) is 2. The van der Waals surface area contributed by atoms with Crippen molar-refractivity contribution >= 4 is 6.03 Å². The number of urea groups is 1. The Hall–Kier alpha value is -1.77. The molecule has 24 heavy (non-hydrogen) atoms. The maximum Gasteiger partial charge on any atom is 0.434 e. The fourth-order valence-electron chi connectivity index (χ4n) is 3.10. The molecule has 2 aliphatic rings. The lowest BCUT2D eigenvalue weighted by atomic mass is 9.99. The van der Waals surface area contributed by atoms with Crippen LogP contribution in [-0.2, 0) is 23.9 Å². The summed E-state index contributed by atoms with van der Waals surface area (Å²) < 4.78 is 44.9. The van der Waals surface area contributed by atoms with E-state index in [1.54, 1.807) is 4.57 Å². The molecule has 3 rings (SSSR count). The lowest BCUT2D eigenvalue weighted by Gasteiger charge is -2.24. The van der Waals surface area contributed by atoms with Crippen molar-refractivity contribution in [3.63, 3.8) is 0 Å². The van der Waals surface area contributed by atoms with Crippen molar-refractivity contribution in [2.75, 3.05) is 26.3 Å². The monoisotopic (exact) mass is 346 g/mol. The highest BCUT2D eigenvalue weighted by atomic mass is 19.4. The third-order valence-electron chi connectivity index (χ3n) is 4.51. The summed E-state index contributed by atoms with van der Waals surface area (Å²) in [5.41, 5.74) is -0.845. The van der Waals surface area contributed by atoms with Crippen molar-refractivity contribution in [3.05, 3.63) is 17.7 Å². The first-order chi connectivity index (χ1) is 11.4. The Morgan fingerprint density at radius 3 is 2.71 bits per heavy atom. The zero-order valence-electron chi connectivity index (χ0n) is 13.2. The van der Waals surface area contributed by atoms with Crippen LogP contribution >= 0.6 is 0 Å². The van der Waals surface area contributed by atoms with Gasteiger partial charge in [-0.25, -0.2) is 9.78 Å². The molecule has 0 radical (unpaired) electrons. The molecule has 1 saturated heterocycles. The predicted octanol–water partition coefficient (Wildman–Crippen LogP) is 1.80. The van der Waals surface area contributed by atoms with Gasteiger partial charge in [0.2, 0.25) is 0 Å². The zero-order valence-corrected chi connectivity index (χ0v) is 13.2. The van der Waals surface area contributed by atoms with Gasteiger partial charge in [-0.2, -0.15) is 13.2 Å². The van der Waals surface area contributed by atoms with E-state index in [0.717, 1.165) is 19.2 Å². The molecule has 1 aromatic heterocycles. The Kier molecular flexibility index (Phi) is 4.98. The highest BCUT2D eigenvalue weighted by Gasteiger charge is 2.35. The number of carbonyl (C=O) groups is 1. The number of nitrogens with one attached hydrogen (secondary N) is 2. The number of hydrogen-bond acceptors (Lipinski definition) is 3. The summed E-state index contributed by atoms with van der Waals surface area (Å²) in [6, 6.07) is -0.241. The van der Waals surface area contributed by atoms with Gasteiger partial charge in [0.25, 0.3) is 0 Å². The van der Waals surface area contributed by atoms with Crippen molar-refractivity contribution < 1.29 is 22.7 Å². The number of amides is 2. The Balaban J connectivity index is 1.44. The Morgan fingerprint density at radius 1 is 1.29 bits per heavy atom. The number of imidazole rings is 1. The summed E-state index contributed by atoms with van der Waals surface area (Å²) in [6.45, 7) is 2.87. The van der Waals surface area contributed by atoms with E-state index in [1.807, 2.05) is 0 Å². The lowest BCUT2D eigenvalue weighted by molar-refractivity contribution is -0.141. The number of alkyl halides is 3. The second kappa shape index (κ2) is 7.00. The largest absolute Gasteiger partial charge is 0.434 e.